The first-order chi connectivity index (χ1) is 7.71. The summed E-state index contributed by atoms with van der Waals surface area (Å²) < 4.78 is 0. The molecule has 0 radical (unpaired) electrons. The Balaban J connectivity index is 1.67. The Morgan fingerprint density at radius 2 is 2.12 bits per heavy atom. The van der Waals surface area contributed by atoms with Crippen molar-refractivity contribution in [3.8, 4) is 0 Å². The van der Waals surface area contributed by atoms with Gasteiger partial charge in [0, 0.05) is 6.54 Å². The zero-order valence-electron chi connectivity index (χ0n) is 10.3. The molecule has 1 amide bonds. The molecule has 2 aliphatic rings. The van der Waals surface area contributed by atoms with E-state index in [0.717, 1.165) is 31.8 Å². The topological polar surface area (TPSA) is 41.1 Å². The van der Waals surface area contributed by atoms with Crippen LogP contribution >= 0.6 is 0 Å². The Kier molecular flexibility index (Phi) is 3.85. The van der Waals surface area contributed by atoms with Crippen molar-refractivity contribution in [2.24, 2.45) is 5.92 Å². The molecule has 2 N–H and O–H groups in total. The molecule has 0 aromatic heterocycles. The van der Waals surface area contributed by atoms with E-state index in [2.05, 4.69) is 10.6 Å². The van der Waals surface area contributed by atoms with Gasteiger partial charge in [0.2, 0.25) is 5.91 Å². The Bertz CT molecular complexity index is 240. The fraction of sp³-hybridized carbons (Fsp3) is 0.923. The van der Waals surface area contributed by atoms with Crippen LogP contribution in [0, 0.1) is 5.92 Å². The summed E-state index contributed by atoms with van der Waals surface area (Å²) in [4.78, 5) is 12.0. The van der Waals surface area contributed by atoms with Gasteiger partial charge in [-0.15, -0.1) is 0 Å². The van der Waals surface area contributed by atoms with Crippen LogP contribution in [0.25, 0.3) is 0 Å². The van der Waals surface area contributed by atoms with Gasteiger partial charge < -0.3 is 10.6 Å². The van der Waals surface area contributed by atoms with Gasteiger partial charge in [0.1, 0.15) is 0 Å². The molecular weight excluding hydrogens is 200 g/mol. The van der Waals surface area contributed by atoms with Crippen LogP contribution in [0.5, 0.6) is 0 Å². The van der Waals surface area contributed by atoms with E-state index in [4.69, 9.17) is 0 Å². The molecule has 1 unspecified atom stereocenters. The molecule has 2 rings (SSSR count). The summed E-state index contributed by atoms with van der Waals surface area (Å²) in [6.45, 7) is 3.86. The highest BCUT2D eigenvalue weighted by Crippen LogP contribution is 2.27. The number of hydrogen-bond acceptors (Lipinski definition) is 2. The van der Waals surface area contributed by atoms with Crippen LogP contribution in [0.1, 0.15) is 51.9 Å². The van der Waals surface area contributed by atoms with Crippen LogP contribution in [0.2, 0.25) is 0 Å². The quantitative estimate of drug-likeness (QED) is 0.765. The molecule has 0 aromatic rings. The van der Waals surface area contributed by atoms with Crippen LogP contribution in [0.3, 0.4) is 0 Å². The maximum absolute atomic E-state index is 12.0. The summed E-state index contributed by atoms with van der Waals surface area (Å²) in [5, 5.41) is 6.39. The molecule has 0 spiro atoms. The van der Waals surface area contributed by atoms with Crippen molar-refractivity contribution in [1.29, 1.82) is 0 Å². The molecule has 2 fully saturated rings. The first-order valence-corrected chi connectivity index (χ1v) is 6.74. The van der Waals surface area contributed by atoms with E-state index in [1.807, 2.05) is 6.92 Å². The van der Waals surface area contributed by atoms with Gasteiger partial charge in [0.05, 0.1) is 5.54 Å². The Morgan fingerprint density at radius 1 is 1.38 bits per heavy atom. The lowest BCUT2D eigenvalue weighted by atomic mass is 9.99. The second-order valence-corrected chi connectivity index (χ2v) is 5.56. The van der Waals surface area contributed by atoms with Gasteiger partial charge in [-0.3, -0.25) is 4.79 Å². The maximum atomic E-state index is 12.0. The van der Waals surface area contributed by atoms with Gasteiger partial charge in [0.25, 0.3) is 0 Å². The van der Waals surface area contributed by atoms with E-state index in [0.29, 0.717) is 0 Å². The molecule has 0 aromatic carbocycles. The number of hydrogen-bond donors (Lipinski definition) is 2. The van der Waals surface area contributed by atoms with E-state index < -0.39 is 0 Å². The maximum Gasteiger partial charge on any atom is 0.240 e. The third-order valence-corrected chi connectivity index (χ3v) is 4.18. The second-order valence-electron chi connectivity index (χ2n) is 5.56. The zero-order chi connectivity index (χ0) is 11.4. The van der Waals surface area contributed by atoms with E-state index in [1.54, 1.807) is 0 Å². The standard InChI is InChI=1S/C13H24N2O/c1-13(8-4-9-15-13)12(16)14-10-7-11-5-2-3-6-11/h11,15H,2-10H2,1H3,(H,14,16). The molecule has 1 heterocycles. The summed E-state index contributed by atoms with van der Waals surface area (Å²) in [7, 11) is 0. The minimum absolute atomic E-state index is 0.197. The van der Waals surface area contributed by atoms with E-state index in [1.165, 1.54) is 32.1 Å². The summed E-state index contributed by atoms with van der Waals surface area (Å²) >= 11 is 0. The van der Waals surface area contributed by atoms with Gasteiger partial charge in [-0.05, 0) is 38.6 Å². The second kappa shape index (κ2) is 5.17. The lowest BCUT2D eigenvalue weighted by Crippen LogP contribution is -2.51. The largest absolute Gasteiger partial charge is 0.354 e. The van der Waals surface area contributed by atoms with Gasteiger partial charge in [-0.1, -0.05) is 25.7 Å². The molecule has 3 nitrogen and oxygen atoms in total. The predicted molar refractivity (Wildman–Crippen MR) is 65.2 cm³/mol. The molecule has 0 bridgehead atoms. The minimum atomic E-state index is -0.296. The summed E-state index contributed by atoms with van der Waals surface area (Å²) in [6, 6.07) is 0. The molecular formula is C13H24N2O. The normalized spacial score (nSPS) is 30.8. The van der Waals surface area contributed by atoms with Crippen molar-refractivity contribution in [1.82, 2.24) is 10.6 Å². The predicted octanol–water partition coefficient (Wildman–Crippen LogP) is 1.82. The van der Waals surface area contributed by atoms with Crippen LogP contribution in [0.15, 0.2) is 0 Å². The highest BCUT2D eigenvalue weighted by molar-refractivity contribution is 5.86. The third-order valence-electron chi connectivity index (χ3n) is 4.18. The van der Waals surface area contributed by atoms with Crippen LogP contribution in [0.4, 0.5) is 0 Å². The van der Waals surface area contributed by atoms with Crippen molar-refractivity contribution in [3.63, 3.8) is 0 Å². The molecule has 16 heavy (non-hydrogen) atoms. The monoisotopic (exact) mass is 224 g/mol. The first kappa shape index (κ1) is 11.9. The number of carbonyl (C=O) groups is 1. The molecule has 1 aliphatic carbocycles. The number of amides is 1. The average molecular weight is 224 g/mol. The number of nitrogens with one attached hydrogen (secondary N) is 2. The van der Waals surface area contributed by atoms with Crippen molar-refractivity contribution in [2.75, 3.05) is 13.1 Å². The lowest BCUT2D eigenvalue weighted by Gasteiger charge is -2.23. The van der Waals surface area contributed by atoms with E-state index >= 15 is 0 Å². The molecule has 1 aliphatic heterocycles. The molecule has 92 valence electrons. The third kappa shape index (κ3) is 2.76. The fourth-order valence-corrected chi connectivity index (χ4v) is 2.97. The van der Waals surface area contributed by atoms with Gasteiger partial charge >= 0.3 is 0 Å². The highest BCUT2D eigenvalue weighted by atomic mass is 16.2. The Morgan fingerprint density at radius 3 is 2.75 bits per heavy atom. The Hall–Kier alpha value is -0.570. The SMILES string of the molecule is CC1(C(=O)NCCC2CCCC2)CCCN1. The van der Waals surface area contributed by atoms with Crippen LogP contribution in [-0.2, 0) is 4.79 Å². The Labute approximate surface area is 98.4 Å². The lowest BCUT2D eigenvalue weighted by molar-refractivity contribution is -0.126. The molecule has 1 saturated heterocycles. The van der Waals surface area contributed by atoms with E-state index in [-0.39, 0.29) is 11.4 Å². The van der Waals surface area contributed by atoms with Crippen molar-refractivity contribution in [2.45, 2.75) is 57.4 Å². The zero-order valence-corrected chi connectivity index (χ0v) is 10.3. The van der Waals surface area contributed by atoms with Crippen molar-refractivity contribution < 1.29 is 4.79 Å². The summed E-state index contributed by atoms with van der Waals surface area (Å²) in [5.74, 6) is 1.06. The number of carbonyl (C=O) groups excluding carboxylic acids is 1. The fourth-order valence-electron chi connectivity index (χ4n) is 2.97. The van der Waals surface area contributed by atoms with Crippen molar-refractivity contribution >= 4 is 5.91 Å². The van der Waals surface area contributed by atoms with E-state index in [9.17, 15) is 4.79 Å². The highest BCUT2D eigenvalue weighted by Gasteiger charge is 2.35. The number of rotatable bonds is 4. The molecule has 1 atom stereocenters. The first-order valence-electron chi connectivity index (χ1n) is 6.74. The average Bonchev–Trinajstić information content (AvgIpc) is 2.90. The van der Waals surface area contributed by atoms with Gasteiger partial charge in [-0.2, -0.15) is 0 Å². The van der Waals surface area contributed by atoms with Crippen LogP contribution in [-0.4, -0.2) is 24.5 Å². The minimum Gasteiger partial charge on any atom is -0.354 e. The summed E-state index contributed by atoms with van der Waals surface area (Å²) in [6.07, 6.45) is 8.77. The molecule has 1 saturated carbocycles. The summed E-state index contributed by atoms with van der Waals surface area (Å²) in [5.41, 5.74) is -0.296. The van der Waals surface area contributed by atoms with Gasteiger partial charge in [-0.25, -0.2) is 0 Å². The van der Waals surface area contributed by atoms with Crippen molar-refractivity contribution in [3.05, 3.63) is 0 Å². The smallest absolute Gasteiger partial charge is 0.240 e. The van der Waals surface area contributed by atoms with Gasteiger partial charge in [0.15, 0.2) is 0 Å². The molecule has 3 heteroatoms. The van der Waals surface area contributed by atoms with Crippen LogP contribution < -0.4 is 10.6 Å².